The van der Waals surface area contributed by atoms with Crippen LogP contribution < -0.4 is 33.2 Å². The standard InChI is InChI=1S/C99H184O9/c1-9-17-25-33-41-49-57-65-73-81-101-92-89-90(94(103-83-75-67-59-51-43-35-27-19-11-3)98(107-87-79-71-63-55-47-39-31-23-15-7)97(92)106-86-78-70-62-54-46-38-30-22-14-6)93(102-82-74-66-58-50-42-34-26-18-10-2)96(105-85-77-69-61-53-45-37-29-21-13-5)95(104-84-76-68-60-52-44-36-28-20-12-4)91(89)99(100)108-88-80-72-64-56-48-40-32-24-16-8/h9-88H2,1-8H3. The van der Waals surface area contributed by atoms with Gasteiger partial charge in [-0.2, -0.15) is 0 Å². The lowest BCUT2D eigenvalue weighted by atomic mass is 9.97. The minimum Gasteiger partial charge on any atom is -0.489 e. The van der Waals surface area contributed by atoms with E-state index in [-0.39, 0.29) is 0 Å². The fourth-order valence-corrected chi connectivity index (χ4v) is 15.5. The summed E-state index contributed by atoms with van der Waals surface area (Å²) in [6.07, 6.45) is 86.8. The Morgan fingerprint density at radius 2 is 0.296 bits per heavy atom. The van der Waals surface area contributed by atoms with Crippen LogP contribution in [0.1, 0.15) is 528 Å². The van der Waals surface area contributed by atoms with Crippen molar-refractivity contribution in [1.82, 2.24) is 0 Å². The molecule has 2 aromatic carbocycles. The van der Waals surface area contributed by atoms with Crippen molar-refractivity contribution in [3.63, 3.8) is 0 Å². The van der Waals surface area contributed by atoms with Crippen LogP contribution in [0.4, 0.5) is 0 Å². The van der Waals surface area contributed by atoms with E-state index in [2.05, 4.69) is 55.4 Å². The molecule has 2 rings (SSSR count). The summed E-state index contributed by atoms with van der Waals surface area (Å²) in [6, 6.07) is 0. The van der Waals surface area contributed by atoms with Gasteiger partial charge in [0.1, 0.15) is 5.56 Å². The molecule has 9 heteroatoms. The van der Waals surface area contributed by atoms with E-state index in [0.717, 1.165) is 116 Å². The van der Waals surface area contributed by atoms with Gasteiger partial charge >= 0.3 is 5.97 Å². The minimum atomic E-state index is -0.411. The van der Waals surface area contributed by atoms with Gasteiger partial charge in [-0.1, -0.05) is 466 Å². The van der Waals surface area contributed by atoms with Crippen LogP contribution in [0.25, 0.3) is 10.8 Å². The van der Waals surface area contributed by atoms with Crippen LogP contribution in [0.2, 0.25) is 0 Å². The first-order valence-electron chi connectivity index (χ1n) is 48.8. The van der Waals surface area contributed by atoms with Gasteiger partial charge in [0, 0.05) is 0 Å². The number of fused-ring (bicyclic) bond motifs is 1. The summed E-state index contributed by atoms with van der Waals surface area (Å²) in [4.78, 5) is 16.3. The Morgan fingerprint density at radius 1 is 0.157 bits per heavy atom. The molecule has 0 radical (unpaired) electrons. The predicted molar refractivity (Wildman–Crippen MR) is 471 cm³/mol. The van der Waals surface area contributed by atoms with E-state index >= 15 is 4.79 Å². The van der Waals surface area contributed by atoms with Gasteiger partial charge in [-0.25, -0.2) is 4.79 Å². The van der Waals surface area contributed by atoms with E-state index < -0.39 is 5.97 Å². The van der Waals surface area contributed by atoms with Crippen LogP contribution in [0.5, 0.6) is 40.2 Å². The van der Waals surface area contributed by atoms with Crippen molar-refractivity contribution in [2.75, 3.05) is 52.9 Å². The highest BCUT2D eigenvalue weighted by Gasteiger charge is 2.38. The molecule has 0 saturated heterocycles. The molecule has 0 spiro atoms. The van der Waals surface area contributed by atoms with Crippen molar-refractivity contribution < 1.29 is 42.7 Å². The van der Waals surface area contributed by atoms with Gasteiger partial charge in [0.25, 0.3) is 0 Å². The Balaban J connectivity index is 3.30. The summed E-state index contributed by atoms with van der Waals surface area (Å²) < 4.78 is 59.2. The van der Waals surface area contributed by atoms with Crippen molar-refractivity contribution in [3.05, 3.63) is 5.56 Å². The number of benzene rings is 2. The SMILES string of the molecule is CCCCCCCCCCCOC(=O)c1c(OCCCCCCCCCCC)c(OCCCCCCCCCCC)c(OCCCCCCCCCCC)c2c(OCCCCCCCCCCC)c(OCCCCCCCCCCC)c(OCCCCCCCCCCC)c(OCCCCCCCCCCC)c12. The maximum Gasteiger partial charge on any atom is 0.342 e. The highest BCUT2D eigenvalue weighted by Crippen LogP contribution is 2.60. The Kier molecular flexibility index (Phi) is 73.8. The lowest BCUT2D eigenvalue weighted by Crippen LogP contribution is -2.16. The Bertz CT molecular complexity index is 2200. The molecule has 9 nitrogen and oxygen atoms in total. The zero-order chi connectivity index (χ0) is 77.6. The normalized spacial score (nSPS) is 11.6. The molecule has 0 amide bonds. The summed E-state index contributed by atoms with van der Waals surface area (Å²) in [6.45, 7) is 22.1. The fourth-order valence-electron chi connectivity index (χ4n) is 15.5. The second-order valence-corrected chi connectivity index (χ2v) is 33.1. The van der Waals surface area contributed by atoms with E-state index in [1.165, 1.54) is 347 Å². The van der Waals surface area contributed by atoms with Crippen LogP contribution in [0.15, 0.2) is 0 Å². The summed E-state index contributed by atoms with van der Waals surface area (Å²) in [7, 11) is 0. The molecule has 634 valence electrons. The Labute approximate surface area is 672 Å². The molecule has 0 N–H and O–H groups in total. The zero-order valence-electron chi connectivity index (χ0n) is 73.7. The van der Waals surface area contributed by atoms with E-state index in [9.17, 15) is 0 Å². The Hall–Kier alpha value is -3.23. The summed E-state index contributed by atoms with van der Waals surface area (Å²) >= 11 is 0. The highest BCUT2D eigenvalue weighted by molar-refractivity contribution is 6.17. The number of hydrogen-bond acceptors (Lipinski definition) is 9. The molecule has 2 aromatic rings. The number of ether oxygens (including phenoxy) is 8. The van der Waals surface area contributed by atoms with Crippen LogP contribution >= 0.6 is 0 Å². The zero-order valence-corrected chi connectivity index (χ0v) is 73.7. The van der Waals surface area contributed by atoms with Gasteiger partial charge in [-0.3, -0.25) is 0 Å². The molecule has 0 aliphatic carbocycles. The first-order chi connectivity index (χ1) is 53.5. The molecule has 0 saturated carbocycles. The van der Waals surface area contributed by atoms with Crippen molar-refractivity contribution in [1.29, 1.82) is 0 Å². The van der Waals surface area contributed by atoms with Crippen molar-refractivity contribution in [3.8, 4) is 40.2 Å². The molecule has 0 atom stereocenters. The second-order valence-electron chi connectivity index (χ2n) is 33.1. The number of carbonyl (C=O) groups excluding carboxylic acids is 1. The summed E-state index contributed by atoms with van der Waals surface area (Å²) in [5.41, 5.74) is 0.350. The van der Waals surface area contributed by atoms with E-state index in [4.69, 9.17) is 37.9 Å². The number of hydrogen-bond donors (Lipinski definition) is 0. The smallest absolute Gasteiger partial charge is 0.342 e. The third kappa shape index (κ3) is 53.7. The van der Waals surface area contributed by atoms with Gasteiger partial charge in [0.2, 0.25) is 17.2 Å². The first kappa shape index (κ1) is 101. The third-order valence-electron chi connectivity index (χ3n) is 22.6. The van der Waals surface area contributed by atoms with E-state index in [1.54, 1.807) is 0 Å². The van der Waals surface area contributed by atoms with Gasteiger partial charge in [0.15, 0.2) is 23.0 Å². The lowest BCUT2D eigenvalue weighted by Gasteiger charge is -2.28. The molecule has 0 bridgehead atoms. The Morgan fingerprint density at radius 3 is 0.491 bits per heavy atom. The predicted octanol–water partition coefficient (Wildman–Crippen LogP) is 33.9. The molecule has 108 heavy (non-hydrogen) atoms. The van der Waals surface area contributed by atoms with E-state index in [1.807, 2.05) is 0 Å². The van der Waals surface area contributed by atoms with E-state index in [0.29, 0.717) is 109 Å². The van der Waals surface area contributed by atoms with Crippen molar-refractivity contribution in [2.24, 2.45) is 0 Å². The topological polar surface area (TPSA) is 90.9 Å². The molecule has 0 aliphatic heterocycles. The summed E-state index contributed by atoms with van der Waals surface area (Å²) in [5, 5.41) is 1.27. The number of unbranched alkanes of at least 4 members (excludes halogenated alkanes) is 64. The number of esters is 1. The van der Waals surface area contributed by atoms with Gasteiger partial charge < -0.3 is 37.9 Å². The van der Waals surface area contributed by atoms with Gasteiger partial charge in [0.05, 0.1) is 63.6 Å². The molecule has 0 aliphatic rings. The molecule has 0 aromatic heterocycles. The monoisotopic (exact) mass is 1520 g/mol. The number of carbonyl (C=O) groups is 1. The molecule has 0 fully saturated rings. The van der Waals surface area contributed by atoms with Gasteiger partial charge in [-0.15, -0.1) is 0 Å². The van der Waals surface area contributed by atoms with Crippen LogP contribution in [0, 0.1) is 0 Å². The van der Waals surface area contributed by atoms with Crippen molar-refractivity contribution in [2.45, 2.75) is 518 Å². The van der Waals surface area contributed by atoms with Crippen LogP contribution in [0.3, 0.4) is 0 Å². The van der Waals surface area contributed by atoms with Crippen molar-refractivity contribution >= 4 is 16.7 Å². The molecular formula is C99H184O9. The van der Waals surface area contributed by atoms with Crippen LogP contribution in [-0.2, 0) is 4.74 Å². The first-order valence-corrected chi connectivity index (χ1v) is 48.8. The average Bonchev–Trinajstić information content (AvgIpc) is 0.719. The average molecular weight is 1520 g/mol. The number of rotatable bonds is 88. The fraction of sp³-hybridized carbons (Fsp3) is 0.889. The third-order valence-corrected chi connectivity index (χ3v) is 22.6. The second kappa shape index (κ2) is 79.0. The lowest BCUT2D eigenvalue weighted by molar-refractivity contribution is 0.0493. The molecular weight excluding hydrogens is 1330 g/mol. The van der Waals surface area contributed by atoms with Crippen LogP contribution in [-0.4, -0.2) is 58.8 Å². The quantitative estimate of drug-likeness (QED) is 0.0474. The molecule has 0 unspecified atom stereocenters. The largest absolute Gasteiger partial charge is 0.489 e. The highest BCUT2D eigenvalue weighted by atomic mass is 16.6. The summed E-state index contributed by atoms with van der Waals surface area (Å²) in [5.74, 6) is 3.30. The maximum atomic E-state index is 16.3. The molecule has 0 heterocycles. The minimum absolute atomic E-state index is 0.317. The van der Waals surface area contributed by atoms with Gasteiger partial charge in [-0.05, 0) is 51.4 Å². The maximum absolute atomic E-state index is 16.3.